The maximum Gasteiger partial charge on any atom is 0.490 e. The summed E-state index contributed by atoms with van der Waals surface area (Å²) < 4.78 is 36.8. The average molecular weight is 500 g/mol. The molecule has 0 saturated carbocycles. The quantitative estimate of drug-likeness (QED) is 0.308. The van der Waals surface area contributed by atoms with E-state index in [1.807, 2.05) is 32.9 Å². The molecule has 0 radical (unpaired) electrons. The van der Waals surface area contributed by atoms with E-state index in [9.17, 15) is 23.2 Å². The molecule has 0 saturated heterocycles. The van der Waals surface area contributed by atoms with Crippen molar-refractivity contribution in [1.82, 2.24) is 15.0 Å². The number of aromatic nitrogens is 3. The Balaban J connectivity index is 0.000000454. The van der Waals surface area contributed by atoms with Gasteiger partial charge in [0, 0.05) is 23.1 Å². The number of H-pyrrole nitrogens is 1. The number of oxazole rings is 1. The predicted molar refractivity (Wildman–Crippen MR) is 124 cm³/mol. The van der Waals surface area contributed by atoms with Crippen molar-refractivity contribution in [2.45, 2.75) is 26.9 Å². The first-order valence-electron chi connectivity index (χ1n) is 10.2. The first-order chi connectivity index (χ1) is 16.9. The molecule has 4 rings (SSSR count). The van der Waals surface area contributed by atoms with Crippen LogP contribution in [0.2, 0.25) is 0 Å². The number of hydrogen-bond acceptors (Lipinski definition) is 8. The van der Waals surface area contributed by atoms with E-state index in [0.717, 1.165) is 28.1 Å². The van der Waals surface area contributed by atoms with Gasteiger partial charge in [-0.05, 0) is 62.2 Å². The largest absolute Gasteiger partial charge is 0.490 e. The third kappa shape index (κ3) is 6.17. The number of carbonyl (C=O) groups is 1. The lowest BCUT2D eigenvalue weighted by Crippen LogP contribution is -2.21. The molecule has 0 amide bonds. The van der Waals surface area contributed by atoms with Gasteiger partial charge in [-0.25, -0.2) is 14.6 Å². The Morgan fingerprint density at radius 1 is 1.08 bits per heavy atom. The summed E-state index contributed by atoms with van der Waals surface area (Å²) in [6, 6.07) is 11.3. The molecular formula is C23H19F3N6O4. The number of fused-ring (bicyclic) bond motifs is 1. The van der Waals surface area contributed by atoms with Crippen LogP contribution in [0, 0.1) is 32.1 Å². The average Bonchev–Trinajstić information content (AvgIpc) is 3.15. The molecule has 0 unspecified atom stereocenters. The van der Waals surface area contributed by atoms with E-state index in [1.165, 1.54) is 0 Å². The molecule has 13 heteroatoms. The monoisotopic (exact) mass is 500 g/mol. The fourth-order valence-electron chi connectivity index (χ4n) is 3.14. The minimum atomic E-state index is -5.08. The Kier molecular flexibility index (Phi) is 7.28. The van der Waals surface area contributed by atoms with E-state index in [2.05, 4.69) is 31.7 Å². The van der Waals surface area contributed by atoms with Gasteiger partial charge in [-0.3, -0.25) is 4.98 Å². The molecule has 2 heterocycles. The number of carboxylic acids is 1. The maximum absolute atomic E-state index is 11.3. The van der Waals surface area contributed by atoms with Crippen LogP contribution in [0.1, 0.15) is 22.3 Å². The number of alkyl halides is 3. The van der Waals surface area contributed by atoms with Crippen LogP contribution in [0.15, 0.2) is 45.7 Å². The van der Waals surface area contributed by atoms with Crippen LogP contribution in [-0.4, -0.2) is 32.2 Å². The second-order valence-corrected chi connectivity index (χ2v) is 7.60. The van der Waals surface area contributed by atoms with E-state index in [4.69, 9.17) is 14.3 Å². The normalized spacial score (nSPS) is 10.8. The van der Waals surface area contributed by atoms with Crippen molar-refractivity contribution in [3.63, 3.8) is 0 Å². The van der Waals surface area contributed by atoms with Gasteiger partial charge < -0.3 is 20.2 Å². The number of aromatic amines is 1. The smallest absolute Gasteiger partial charge is 0.475 e. The molecule has 186 valence electrons. The van der Waals surface area contributed by atoms with Gasteiger partial charge in [0.1, 0.15) is 5.82 Å². The highest BCUT2D eigenvalue weighted by molar-refractivity contribution is 5.78. The van der Waals surface area contributed by atoms with Gasteiger partial charge in [-0.15, -0.1) is 0 Å². The summed E-state index contributed by atoms with van der Waals surface area (Å²) in [6.07, 6.45) is -3.36. The summed E-state index contributed by atoms with van der Waals surface area (Å²) in [5.41, 5.74) is 5.99. The van der Waals surface area contributed by atoms with Crippen molar-refractivity contribution >= 4 is 40.2 Å². The molecule has 0 atom stereocenters. The zero-order valence-electron chi connectivity index (χ0n) is 19.1. The molecule has 36 heavy (non-hydrogen) atoms. The van der Waals surface area contributed by atoms with Crippen LogP contribution in [0.4, 0.5) is 36.3 Å². The molecule has 0 fully saturated rings. The van der Waals surface area contributed by atoms with Crippen LogP contribution < -0.4 is 16.4 Å². The Morgan fingerprint density at radius 3 is 2.31 bits per heavy atom. The summed E-state index contributed by atoms with van der Waals surface area (Å²) >= 11 is 0. The van der Waals surface area contributed by atoms with Crippen LogP contribution in [0.3, 0.4) is 0 Å². The van der Waals surface area contributed by atoms with Gasteiger partial charge in [0.15, 0.2) is 5.58 Å². The lowest BCUT2D eigenvalue weighted by molar-refractivity contribution is -0.192. The third-order valence-electron chi connectivity index (χ3n) is 4.80. The second-order valence-electron chi connectivity index (χ2n) is 7.60. The van der Waals surface area contributed by atoms with Gasteiger partial charge in [0.25, 0.3) is 0 Å². The maximum atomic E-state index is 11.3. The van der Waals surface area contributed by atoms with E-state index < -0.39 is 17.9 Å². The van der Waals surface area contributed by atoms with E-state index in [1.54, 1.807) is 24.4 Å². The van der Waals surface area contributed by atoms with Gasteiger partial charge in [0.05, 0.1) is 17.1 Å². The van der Waals surface area contributed by atoms with Crippen molar-refractivity contribution in [2.24, 2.45) is 0 Å². The number of aryl methyl sites for hydroxylation is 3. The number of nitriles is 1. The lowest BCUT2D eigenvalue weighted by Gasteiger charge is -2.12. The molecule has 0 aliphatic heterocycles. The Bertz CT molecular complexity index is 1510. The summed E-state index contributed by atoms with van der Waals surface area (Å²) in [5.74, 6) is -2.18. The number of aliphatic carboxylic acids is 1. The fraction of sp³-hybridized carbons (Fsp3) is 0.174. The minimum Gasteiger partial charge on any atom is -0.475 e. The highest BCUT2D eigenvalue weighted by atomic mass is 19.4. The summed E-state index contributed by atoms with van der Waals surface area (Å²) in [6.45, 7) is 5.70. The molecule has 0 spiro atoms. The Hall–Kier alpha value is -4.86. The zero-order valence-corrected chi connectivity index (χ0v) is 19.1. The fourth-order valence-corrected chi connectivity index (χ4v) is 3.14. The van der Waals surface area contributed by atoms with Crippen LogP contribution in [-0.2, 0) is 4.79 Å². The molecule has 2 aromatic carbocycles. The van der Waals surface area contributed by atoms with Gasteiger partial charge in [-0.1, -0.05) is 0 Å². The predicted octanol–water partition coefficient (Wildman–Crippen LogP) is 4.83. The van der Waals surface area contributed by atoms with Crippen molar-refractivity contribution in [2.75, 3.05) is 10.6 Å². The third-order valence-corrected chi connectivity index (χ3v) is 4.80. The number of nitrogens with zero attached hydrogens (tertiary/aromatic N) is 3. The number of carboxylic acid groups (broad SMARTS) is 1. The number of hydrogen-bond donors (Lipinski definition) is 4. The van der Waals surface area contributed by atoms with Crippen LogP contribution in [0.25, 0.3) is 11.1 Å². The number of anilines is 4. The number of halogens is 3. The first-order valence-corrected chi connectivity index (χ1v) is 10.2. The molecule has 4 aromatic rings. The van der Waals surface area contributed by atoms with Crippen LogP contribution >= 0.6 is 0 Å². The highest BCUT2D eigenvalue weighted by Gasteiger charge is 2.38. The molecule has 0 aliphatic rings. The van der Waals surface area contributed by atoms with E-state index >= 15 is 0 Å². The van der Waals surface area contributed by atoms with E-state index in [-0.39, 0.29) is 0 Å². The van der Waals surface area contributed by atoms with E-state index in [0.29, 0.717) is 28.4 Å². The number of nitrogens with one attached hydrogen (secondary N) is 3. The summed E-state index contributed by atoms with van der Waals surface area (Å²) in [4.78, 5) is 31.8. The molecule has 0 bridgehead atoms. The van der Waals surface area contributed by atoms with Crippen molar-refractivity contribution in [3.05, 3.63) is 69.3 Å². The van der Waals surface area contributed by atoms with Gasteiger partial charge >= 0.3 is 17.9 Å². The second kappa shape index (κ2) is 10.2. The Morgan fingerprint density at radius 2 is 1.72 bits per heavy atom. The number of benzene rings is 2. The molecule has 10 nitrogen and oxygen atoms in total. The molecule has 0 aliphatic carbocycles. The summed E-state index contributed by atoms with van der Waals surface area (Å²) in [7, 11) is 0. The zero-order chi connectivity index (χ0) is 26.6. The SMILES string of the molecule is Cc1cnc(Nc2cc(C)c(C#N)c(C)c2)nc1Nc1ccc2oc(=O)[nH]c2c1.O=C(O)C(F)(F)F. The topological polar surface area (TPSA) is 157 Å². The molecular weight excluding hydrogens is 481 g/mol. The molecule has 2 aromatic heterocycles. The summed E-state index contributed by atoms with van der Waals surface area (Å²) in [5, 5.41) is 22.8. The lowest BCUT2D eigenvalue weighted by atomic mass is 10.0. The number of rotatable bonds is 4. The van der Waals surface area contributed by atoms with Gasteiger partial charge in [-0.2, -0.15) is 23.4 Å². The van der Waals surface area contributed by atoms with Crippen molar-refractivity contribution in [1.29, 1.82) is 5.26 Å². The minimum absolute atomic E-state index is 0.430. The van der Waals surface area contributed by atoms with Gasteiger partial charge in [0.2, 0.25) is 5.95 Å². The van der Waals surface area contributed by atoms with Crippen LogP contribution in [0.5, 0.6) is 0 Å². The van der Waals surface area contributed by atoms with Crippen molar-refractivity contribution in [3.8, 4) is 6.07 Å². The standard InChI is InChI=1S/C21H18N6O2.C2HF3O2/c1-11-6-15(7-12(2)16(11)9-22)25-20-23-10-13(3)19(27-20)24-14-4-5-18-17(8-14)26-21(28)29-18;3-2(4,5)1(6)7/h4-8,10H,1-3H3,(H,26,28)(H2,23,24,25,27);(H,6,7). The van der Waals surface area contributed by atoms with Crippen molar-refractivity contribution < 1.29 is 27.5 Å². The first kappa shape index (κ1) is 25.8. The highest BCUT2D eigenvalue weighted by Crippen LogP contribution is 2.25. The molecule has 4 N–H and O–H groups in total. The Labute approximate surface area is 201 Å².